The van der Waals surface area contributed by atoms with Gasteiger partial charge in [-0.3, -0.25) is 4.79 Å². The fraction of sp³-hybridized carbons (Fsp3) is 0.409. The third-order valence-corrected chi connectivity index (χ3v) is 4.72. The number of hydrogen-bond acceptors (Lipinski definition) is 3. The highest BCUT2D eigenvalue weighted by Crippen LogP contribution is 2.22. The van der Waals surface area contributed by atoms with Gasteiger partial charge in [-0.25, -0.2) is 4.39 Å². The minimum Gasteiger partial charge on any atom is -0.491 e. The summed E-state index contributed by atoms with van der Waals surface area (Å²) in [5, 5.41) is 0. The van der Waals surface area contributed by atoms with Crippen LogP contribution in [0.15, 0.2) is 48.5 Å². The van der Waals surface area contributed by atoms with Gasteiger partial charge in [-0.1, -0.05) is 18.2 Å². The number of rotatable bonds is 5. The van der Waals surface area contributed by atoms with Crippen molar-refractivity contribution in [1.29, 1.82) is 0 Å². The summed E-state index contributed by atoms with van der Waals surface area (Å²) in [6.07, 6.45) is 1.32. The standard InChI is InChI=1S/C22H27FN2O2/c1-17(2)27-21-7-4-3-6-18(21)16-22(26)25-13-5-12-24(14-15-25)20-10-8-19(23)9-11-20/h3-4,6-11,17H,5,12-16H2,1-2H3. The molecule has 0 N–H and O–H groups in total. The summed E-state index contributed by atoms with van der Waals surface area (Å²) in [5.41, 5.74) is 1.93. The molecule has 0 atom stereocenters. The monoisotopic (exact) mass is 370 g/mol. The van der Waals surface area contributed by atoms with E-state index in [9.17, 15) is 9.18 Å². The largest absolute Gasteiger partial charge is 0.491 e. The van der Waals surface area contributed by atoms with Crippen LogP contribution in [0, 0.1) is 5.82 Å². The fourth-order valence-corrected chi connectivity index (χ4v) is 3.37. The molecule has 0 aliphatic carbocycles. The van der Waals surface area contributed by atoms with Crippen LogP contribution in [0.4, 0.5) is 10.1 Å². The molecule has 27 heavy (non-hydrogen) atoms. The van der Waals surface area contributed by atoms with Crippen molar-refractivity contribution in [1.82, 2.24) is 4.90 Å². The molecule has 0 bridgehead atoms. The van der Waals surface area contributed by atoms with Crippen molar-refractivity contribution in [2.45, 2.75) is 32.8 Å². The van der Waals surface area contributed by atoms with Gasteiger partial charge in [-0.2, -0.15) is 0 Å². The molecule has 3 rings (SSSR count). The second-order valence-electron chi connectivity index (χ2n) is 7.15. The van der Waals surface area contributed by atoms with E-state index in [1.807, 2.05) is 43.0 Å². The maximum absolute atomic E-state index is 13.1. The number of benzene rings is 2. The SMILES string of the molecule is CC(C)Oc1ccccc1CC(=O)N1CCCN(c2ccc(F)cc2)CC1. The Labute approximate surface area is 160 Å². The Morgan fingerprint density at radius 2 is 1.78 bits per heavy atom. The van der Waals surface area contributed by atoms with Gasteiger partial charge in [-0.15, -0.1) is 0 Å². The summed E-state index contributed by atoms with van der Waals surface area (Å²) in [5.74, 6) is 0.673. The number of hydrogen-bond donors (Lipinski definition) is 0. The average Bonchev–Trinajstić information content (AvgIpc) is 2.90. The second-order valence-corrected chi connectivity index (χ2v) is 7.15. The summed E-state index contributed by atoms with van der Waals surface area (Å²) in [6, 6.07) is 14.3. The number of amides is 1. The lowest BCUT2D eigenvalue weighted by Gasteiger charge is -2.24. The highest BCUT2D eigenvalue weighted by molar-refractivity contribution is 5.79. The van der Waals surface area contributed by atoms with Gasteiger partial charge in [0, 0.05) is 37.4 Å². The van der Waals surface area contributed by atoms with Crippen LogP contribution < -0.4 is 9.64 Å². The molecular formula is C22H27FN2O2. The molecule has 1 saturated heterocycles. The molecule has 1 aliphatic rings. The number of anilines is 1. The molecule has 2 aromatic carbocycles. The predicted octanol–water partition coefficient (Wildman–Crippen LogP) is 3.89. The predicted molar refractivity (Wildman–Crippen MR) is 106 cm³/mol. The number of carbonyl (C=O) groups excluding carboxylic acids is 1. The van der Waals surface area contributed by atoms with Crippen LogP contribution in [0.5, 0.6) is 5.75 Å². The fourth-order valence-electron chi connectivity index (χ4n) is 3.37. The van der Waals surface area contributed by atoms with Crippen LogP contribution >= 0.6 is 0 Å². The molecule has 0 unspecified atom stereocenters. The highest BCUT2D eigenvalue weighted by Gasteiger charge is 2.20. The van der Waals surface area contributed by atoms with E-state index in [1.165, 1.54) is 12.1 Å². The van der Waals surface area contributed by atoms with Crippen molar-refractivity contribution in [3.05, 3.63) is 59.9 Å². The van der Waals surface area contributed by atoms with Crippen molar-refractivity contribution >= 4 is 11.6 Å². The lowest BCUT2D eigenvalue weighted by Crippen LogP contribution is -2.36. The number of carbonyl (C=O) groups is 1. The van der Waals surface area contributed by atoms with Gasteiger partial charge in [0.2, 0.25) is 5.91 Å². The number of para-hydroxylation sites is 1. The molecule has 1 heterocycles. The van der Waals surface area contributed by atoms with Gasteiger partial charge in [0.15, 0.2) is 0 Å². The van der Waals surface area contributed by atoms with Crippen molar-refractivity contribution in [2.75, 3.05) is 31.1 Å². The van der Waals surface area contributed by atoms with E-state index in [1.54, 1.807) is 12.1 Å². The molecule has 1 amide bonds. The maximum Gasteiger partial charge on any atom is 0.227 e. The van der Waals surface area contributed by atoms with Crippen LogP contribution in [0.2, 0.25) is 0 Å². The van der Waals surface area contributed by atoms with E-state index < -0.39 is 0 Å². The van der Waals surface area contributed by atoms with E-state index >= 15 is 0 Å². The molecule has 5 heteroatoms. The first-order valence-electron chi connectivity index (χ1n) is 9.56. The van der Waals surface area contributed by atoms with Crippen molar-refractivity contribution < 1.29 is 13.9 Å². The first kappa shape index (κ1) is 19.2. The van der Waals surface area contributed by atoms with Gasteiger partial charge in [0.1, 0.15) is 11.6 Å². The Balaban J connectivity index is 1.62. The molecular weight excluding hydrogens is 343 g/mol. The summed E-state index contributed by atoms with van der Waals surface area (Å²) >= 11 is 0. The van der Waals surface area contributed by atoms with E-state index in [-0.39, 0.29) is 17.8 Å². The smallest absolute Gasteiger partial charge is 0.227 e. The quantitative estimate of drug-likeness (QED) is 0.800. The molecule has 144 valence electrons. The summed E-state index contributed by atoms with van der Waals surface area (Å²) < 4.78 is 19.0. The molecule has 1 aliphatic heterocycles. The number of halogens is 1. The zero-order chi connectivity index (χ0) is 19.2. The Bertz CT molecular complexity index is 761. The van der Waals surface area contributed by atoms with Crippen molar-refractivity contribution in [2.24, 2.45) is 0 Å². The first-order chi connectivity index (χ1) is 13.0. The Hall–Kier alpha value is -2.56. The van der Waals surface area contributed by atoms with E-state index in [0.29, 0.717) is 13.0 Å². The van der Waals surface area contributed by atoms with Crippen LogP contribution in [-0.2, 0) is 11.2 Å². The van der Waals surface area contributed by atoms with Gasteiger partial charge >= 0.3 is 0 Å². The molecule has 4 nitrogen and oxygen atoms in total. The first-order valence-corrected chi connectivity index (χ1v) is 9.56. The maximum atomic E-state index is 13.1. The Kier molecular flexibility index (Phi) is 6.32. The van der Waals surface area contributed by atoms with Gasteiger partial charge < -0.3 is 14.5 Å². The molecule has 0 aromatic heterocycles. The van der Waals surface area contributed by atoms with Gasteiger partial charge in [0.25, 0.3) is 0 Å². The van der Waals surface area contributed by atoms with Crippen molar-refractivity contribution in [3.63, 3.8) is 0 Å². The normalized spacial score (nSPS) is 15.0. The van der Waals surface area contributed by atoms with Gasteiger partial charge in [0.05, 0.1) is 12.5 Å². The minimum atomic E-state index is -0.229. The van der Waals surface area contributed by atoms with Crippen molar-refractivity contribution in [3.8, 4) is 5.75 Å². The van der Waals surface area contributed by atoms with Crippen LogP contribution in [0.1, 0.15) is 25.8 Å². The Morgan fingerprint density at radius 3 is 2.52 bits per heavy atom. The zero-order valence-corrected chi connectivity index (χ0v) is 16.0. The summed E-state index contributed by atoms with van der Waals surface area (Å²) in [7, 11) is 0. The third kappa shape index (κ3) is 5.22. The van der Waals surface area contributed by atoms with E-state index in [2.05, 4.69) is 4.90 Å². The minimum absolute atomic E-state index is 0.0729. The zero-order valence-electron chi connectivity index (χ0n) is 16.0. The van der Waals surface area contributed by atoms with Crippen LogP contribution in [0.25, 0.3) is 0 Å². The van der Waals surface area contributed by atoms with E-state index in [4.69, 9.17) is 4.74 Å². The Morgan fingerprint density at radius 1 is 1.04 bits per heavy atom. The molecule has 0 spiro atoms. The third-order valence-electron chi connectivity index (χ3n) is 4.72. The molecule has 0 radical (unpaired) electrons. The molecule has 2 aromatic rings. The van der Waals surface area contributed by atoms with E-state index in [0.717, 1.165) is 43.1 Å². The van der Waals surface area contributed by atoms with Crippen LogP contribution in [0.3, 0.4) is 0 Å². The number of ether oxygens (including phenoxy) is 1. The lowest BCUT2D eigenvalue weighted by atomic mass is 10.1. The molecule has 1 fully saturated rings. The number of nitrogens with zero attached hydrogens (tertiary/aromatic N) is 2. The summed E-state index contributed by atoms with van der Waals surface area (Å²) in [4.78, 5) is 17.0. The summed E-state index contributed by atoms with van der Waals surface area (Å²) in [6.45, 7) is 6.99. The van der Waals surface area contributed by atoms with Gasteiger partial charge in [-0.05, 0) is 50.6 Å². The topological polar surface area (TPSA) is 32.8 Å². The second kappa shape index (κ2) is 8.89. The van der Waals surface area contributed by atoms with Crippen LogP contribution in [-0.4, -0.2) is 43.1 Å². The lowest BCUT2D eigenvalue weighted by molar-refractivity contribution is -0.130. The highest BCUT2D eigenvalue weighted by atomic mass is 19.1. The average molecular weight is 370 g/mol. The molecule has 0 saturated carbocycles.